The lowest BCUT2D eigenvalue weighted by Gasteiger charge is -2.24. The van der Waals surface area contributed by atoms with E-state index in [1.165, 1.54) is 6.07 Å². The standard InChI is InChI=1S/C24H23N3O5/c1-2-32-24(29)22(28)13-20-14-23(25-15-21(20)27(30)31)26(16-18-9-5-3-6-10-18)17-19-11-7-4-8-12-19/h3-15,28H,2,16-17H2,1H3/b22-13-. The Balaban J connectivity index is 2.02. The van der Waals surface area contributed by atoms with E-state index < -0.39 is 16.7 Å². The van der Waals surface area contributed by atoms with E-state index in [1.807, 2.05) is 65.6 Å². The molecule has 1 aromatic heterocycles. The number of nitro groups is 1. The average Bonchev–Trinajstić information content (AvgIpc) is 2.80. The molecule has 1 heterocycles. The number of rotatable bonds is 9. The predicted octanol–water partition coefficient (Wildman–Crippen LogP) is 4.66. The van der Waals surface area contributed by atoms with E-state index in [4.69, 9.17) is 4.74 Å². The van der Waals surface area contributed by atoms with Crippen molar-refractivity contribution in [1.29, 1.82) is 0 Å². The Hall–Kier alpha value is -4.20. The van der Waals surface area contributed by atoms with Gasteiger partial charge in [-0.3, -0.25) is 10.1 Å². The van der Waals surface area contributed by atoms with Gasteiger partial charge in [-0.05, 0) is 24.1 Å². The summed E-state index contributed by atoms with van der Waals surface area (Å²) in [5.74, 6) is -1.21. The Morgan fingerprint density at radius 2 is 1.66 bits per heavy atom. The van der Waals surface area contributed by atoms with Crippen molar-refractivity contribution in [2.45, 2.75) is 20.0 Å². The van der Waals surface area contributed by atoms with Gasteiger partial charge in [-0.1, -0.05) is 60.7 Å². The Morgan fingerprint density at radius 1 is 1.09 bits per heavy atom. The van der Waals surface area contributed by atoms with Gasteiger partial charge in [-0.25, -0.2) is 9.78 Å². The van der Waals surface area contributed by atoms with E-state index in [-0.39, 0.29) is 17.9 Å². The number of anilines is 1. The van der Waals surface area contributed by atoms with Crippen LogP contribution in [0.3, 0.4) is 0 Å². The Morgan fingerprint density at radius 3 is 2.16 bits per heavy atom. The molecule has 0 saturated heterocycles. The molecule has 0 aliphatic heterocycles. The molecule has 0 fully saturated rings. The second-order valence-electron chi connectivity index (χ2n) is 6.94. The minimum atomic E-state index is -0.953. The summed E-state index contributed by atoms with van der Waals surface area (Å²) in [6.07, 6.45) is 2.16. The number of aromatic nitrogens is 1. The fourth-order valence-corrected chi connectivity index (χ4v) is 3.13. The number of pyridine rings is 1. The van der Waals surface area contributed by atoms with E-state index in [0.717, 1.165) is 23.4 Å². The van der Waals surface area contributed by atoms with E-state index in [9.17, 15) is 20.0 Å². The molecule has 2 aromatic carbocycles. The number of carbonyl (C=O) groups is 1. The summed E-state index contributed by atoms with van der Waals surface area (Å²) < 4.78 is 4.76. The Bertz CT molecular complexity index is 1060. The second-order valence-corrected chi connectivity index (χ2v) is 6.94. The summed E-state index contributed by atoms with van der Waals surface area (Å²) in [6.45, 7) is 2.69. The lowest BCUT2D eigenvalue weighted by molar-refractivity contribution is -0.385. The number of aliphatic hydroxyl groups is 1. The van der Waals surface area contributed by atoms with Crippen molar-refractivity contribution in [3.8, 4) is 0 Å². The number of ether oxygens (including phenoxy) is 1. The van der Waals surface area contributed by atoms with Gasteiger partial charge in [-0.15, -0.1) is 0 Å². The molecule has 0 atom stereocenters. The summed E-state index contributed by atoms with van der Waals surface area (Å²) in [5, 5.41) is 21.5. The van der Waals surface area contributed by atoms with Crippen molar-refractivity contribution >= 4 is 23.6 Å². The van der Waals surface area contributed by atoms with Crippen LogP contribution in [0, 0.1) is 10.1 Å². The number of hydrogen-bond donors (Lipinski definition) is 1. The molecule has 0 spiro atoms. The monoisotopic (exact) mass is 433 g/mol. The second kappa shape index (κ2) is 10.7. The lowest BCUT2D eigenvalue weighted by Crippen LogP contribution is -2.23. The zero-order valence-electron chi connectivity index (χ0n) is 17.5. The van der Waals surface area contributed by atoms with Crippen molar-refractivity contribution in [3.05, 3.63) is 105 Å². The molecule has 164 valence electrons. The van der Waals surface area contributed by atoms with Crippen LogP contribution in [0.15, 0.2) is 78.7 Å². The molecule has 32 heavy (non-hydrogen) atoms. The van der Waals surface area contributed by atoms with Gasteiger partial charge in [0.25, 0.3) is 5.69 Å². The molecule has 8 heteroatoms. The molecular weight excluding hydrogens is 410 g/mol. The maximum Gasteiger partial charge on any atom is 0.373 e. The molecule has 0 radical (unpaired) electrons. The normalized spacial score (nSPS) is 11.1. The third kappa shape index (κ3) is 5.91. The van der Waals surface area contributed by atoms with E-state index >= 15 is 0 Å². The van der Waals surface area contributed by atoms with Crippen molar-refractivity contribution in [1.82, 2.24) is 4.98 Å². The first-order chi connectivity index (χ1) is 15.5. The molecule has 0 saturated carbocycles. The molecule has 0 aliphatic rings. The van der Waals surface area contributed by atoms with Gasteiger partial charge in [-0.2, -0.15) is 0 Å². The zero-order valence-corrected chi connectivity index (χ0v) is 17.5. The summed E-state index contributed by atoms with van der Waals surface area (Å²) in [7, 11) is 0. The third-order valence-corrected chi connectivity index (χ3v) is 4.63. The van der Waals surface area contributed by atoms with E-state index in [0.29, 0.717) is 18.9 Å². The molecule has 0 unspecified atom stereocenters. The lowest BCUT2D eigenvalue weighted by atomic mass is 10.1. The quantitative estimate of drug-likeness (QED) is 0.172. The first-order valence-electron chi connectivity index (χ1n) is 10.0. The van der Waals surface area contributed by atoms with Gasteiger partial charge in [0.15, 0.2) is 0 Å². The van der Waals surface area contributed by atoms with Crippen LogP contribution in [0.25, 0.3) is 6.08 Å². The summed E-state index contributed by atoms with van der Waals surface area (Å²) in [4.78, 5) is 28.9. The Labute approximate surface area is 185 Å². The third-order valence-electron chi connectivity index (χ3n) is 4.63. The smallest absolute Gasteiger partial charge is 0.373 e. The maximum atomic E-state index is 11.8. The number of carbonyl (C=O) groups excluding carboxylic acids is 1. The minimum absolute atomic E-state index is 0.0525. The molecule has 1 N–H and O–H groups in total. The molecular formula is C24H23N3O5. The van der Waals surface area contributed by atoms with Crippen molar-refractivity contribution in [2.24, 2.45) is 0 Å². The Kier molecular flexibility index (Phi) is 7.53. The van der Waals surface area contributed by atoms with Crippen molar-refractivity contribution < 1.29 is 19.6 Å². The number of nitrogens with zero attached hydrogens (tertiary/aromatic N) is 3. The van der Waals surface area contributed by atoms with Crippen LogP contribution >= 0.6 is 0 Å². The van der Waals surface area contributed by atoms with Crippen LogP contribution in [-0.2, 0) is 22.6 Å². The van der Waals surface area contributed by atoms with Gasteiger partial charge in [0.05, 0.1) is 17.1 Å². The van der Waals surface area contributed by atoms with Gasteiger partial charge in [0.2, 0.25) is 5.76 Å². The molecule has 0 aliphatic carbocycles. The van der Waals surface area contributed by atoms with Crippen molar-refractivity contribution in [3.63, 3.8) is 0 Å². The van der Waals surface area contributed by atoms with Crippen LogP contribution in [0.5, 0.6) is 0 Å². The highest BCUT2D eigenvalue weighted by molar-refractivity contribution is 5.91. The fourth-order valence-electron chi connectivity index (χ4n) is 3.13. The summed E-state index contributed by atoms with van der Waals surface area (Å²) in [5.41, 5.74) is 1.80. The first-order valence-corrected chi connectivity index (χ1v) is 10.0. The topological polar surface area (TPSA) is 106 Å². The first kappa shape index (κ1) is 22.5. The number of benzene rings is 2. The van der Waals surface area contributed by atoms with Crippen LogP contribution in [0.1, 0.15) is 23.6 Å². The van der Waals surface area contributed by atoms with E-state index in [2.05, 4.69) is 4.98 Å². The van der Waals surface area contributed by atoms with Crippen LogP contribution in [0.2, 0.25) is 0 Å². The SMILES string of the molecule is CCOC(=O)/C(O)=C/c1cc(N(Cc2ccccc2)Cc2ccccc2)ncc1[N+](=O)[O-]. The zero-order chi connectivity index (χ0) is 22.9. The highest BCUT2D eigenvalue weighted by Gasteiger charge is 2.20. The van der Waals surface area contributed by atoms with Crippen molar-refractivity contribution in [2.75, 3.05) is 11.5 Å². The fraction of sp³-hybridized carbons (Fsp3) is 0.167. The van der Waals surface area contributed by atoms with Gasteiger partial charge in [0.1, 0.15) is 12.0 Å². The molecule has 8 nitrogen and oxygen atoms in total. The minimum Gasteiger partial charge on any atom is -0.502 e. The average molecular weight is 433 g/mol. The maximum absolute atomic E-state index is 11.8. The predicted molar refractivity (Wildman–Crippen MR) is 121 cm³/mol. The summed E-state index contributed by atoms with van der Waals surface area (Å²) in [6, 6.07) is 21.0. The van der Waals surface area contributed by atoms with Crippen LogP contribution < -0.4 is 4.90 Å². The molecule has 3 rings (SSSR count). The number of esters is 1. The van der Waals surface area contributed by atoms with Gasteiger partial charge in [0, 0.05) is 19.2 Å². The molecule has 0 amide bonds. The highest BCUT2D eigenvalue weighted by Crippen LogP contribution is 2.27. The number of aliphatic hydroxyl groups excluding tert-OH is 1. The molecule has 3 aromatic rings. The molecule has 0 bridgehead atoms. The highest BCUT2D eigenvalue weighted by atomic mass is 16.6. The van der Waals surface area contributed by atoms with E-state index in [1.54, 1.807) is 6.92 Å². The summed E-state index contributed by atoms with van der Waals surface area (Å²) >= 11 is 0. The number of hydrogen-bond acceptors (Lipinski definition) is 7. The van der Waals surface area contributed by atoms with Crippen LogP contribution in [0.4, 0.5) is 11.5 Å². The van der Waals surface area contributed by atoms with Gasteiger partial charge >= 0.3 is 5.97 Å². The van der Waals surface area contributed by atoms with Gasteiger partial charge < -0.3 is 14.7 Å². The van der Waals surface area contributed by atoms with Crippen LogP contribution in [-0.4, -0.2) is 27.6 Å². The largest absolute Gasteiger partial charge is 0.502 e.